The molecule has 0 bridgehead atoms. The highest BCUT2D eigenvalue weighted by Crippen LogP contribution is 2.05. The predicted octanol–water partition coefficient (Wildman–Crippen LogP) is 0.216. The second-order valence-corrected chi connectivity index (χ2v) is 3.88. The summed E-state index contributed by atoms with van der Waals surface area (Å²) in [4.78, 5) is 17.1. The van der Waals surface area contributed by atoms with E-state index in [2.05, 4.69) is 10.3 Å². The highest BCUT2D eigenvalue weighted by atomic mass is 32.1. The van der Waals surface area contributed by atoms with Gasteiger partial charge in [0.1, 0.15) is 4.99 Å². The first-order chi connectivity index (χ1) is 7.50. The number of hydrogen-bond donors (Lipinski definition) is 2. The van der Waals surface area contributed by atoms with Crippen LogP contribution in [0.1, 0.15) is 5.69 Å². The Hall–Kier alpha value is -1.69. The minimum absolute atomic E-state index is 0.00146. The van der Waals surface area contributed by atoms with E-state index in [0.29, 0.717) is 5.69 Å². The molecule has 3 N–H and O–H groups in total. The molecule has 1 aromatic rings. The van der Waals surface area contributed by atoms with Gasteiger partial charge in [0.05, 0.1) is 24.1 Å². The van der Waals surface area contributed by atoms with Gasteiger partial charge >= 0.3 is 0 Å². The predicted molar refractivity (Wildman–Crippen MR) is 67.3 cm³/mol. The molecule has 86 valence electrons. The zero-order chi connectivity index (χ0) is 12.1. The van der Waals surface area contributed by atoms with Gasteiger partial charge in [0.15, 0.2) is 0 Å². The van der Waals surface area contributed by atoms with Crippen molar-refractivity contribution in [3.8, 4) is 0 Å². The Kier molecular flexibility index (Phi) is 4.19. The van der Waals surface area contributed by atoms with Crippen LogP contribution in [0.2, 0.25) is 0 Å². The number of amides is 1. The molecule has 0 fully saturated rings. The van der Waals surface area contributed by atoms with E-state index in [1.807, 2.05) is 0 Å². The Morgan fingerprint density at radius 1 is 1.56 bits per heavy atom. The largest absolute Gasteiger partial charge is 0.388 e. The average molecular weight is 238 g/mol. The topological polar surface area (TPSA) is 71.2 Å². The van der Waals surface area contributed by atoms with Gasteiger partial charge in [-0.25, -0.2) is 0 Å². The third-order valence-electron chi connectivity index (χ3n) is 1.96. The van der Waals surface area contributed by atoms with E-state index in [1.165, 1.54) is 4.90 Å². The molecule has 0 aromatic carbocycles. The lowest BCUT2D eigenvalue weighted by atomic mass is 10.3. The molecule has 0 unspecified atom stereocenters. The maximum Gasteiger partial charge on any atom is 0.241 e. The second-order valence-electron chi connectivity index (χ2n) is 3.44. The van der Waals surface area contributed by atoms with Crippen LogP contribution in [-0.2, 0) is 4.79 Å². The molecule has 1 heterocycles. The quantitative estimate of drug-likeness (QED) is 0.734. The van der Waals surface area contributed by atoms with Crippen LogP contribution in [0.4, 0.5) is 5.69 Å². The lowest BCUT2D eigenvalue weighted by molar-refractivity contribution is -0.126. The molecule has 0 aliphatic carbocycles. The van der Waals surface area contributed by atoms with E-state index >= 15 is 0 Å². The smallest absolute Gasteiger partial charge is 0.241 e. The van der Waals surface area contributed by atoms with Crippen LogP contribution >= 0.6 is 12.2 Å². The number of hydrogen-bond acceptors (Lipinski definition) is 4. The van der Waals surface area contributed by atoms with E-state index in [-0.39, 0.29) is 17.4 Å². The number of aromatic nitrogens is 1. The first-order valence-corrected chi connectivity index (χ1v) is 5.11. The molecule has 0 saturated heterocycles. The van der Waals surface area contributed by atoms with Crippen molar-refractivity contribution < 1.29 is 4.79 Å². The lowest BCUT2D eigenvalue weighted by Gasteiger charge is -2.11. The number of pyridine rings is 1. The average Bonchev–Trinajstić information content (AvgIpc) is 2.26. The van der Waals surface area contributed by atoms with Gasteiger partial charge in [-0.1, -0.05) is 12.2 Å². The van der Waals surface area contributed by atoms with Crippen molar-refractivity contribution in [2.75, 3.05) is 26.0 Å². The summed E-state index contributed by atoms with van der Waals surface area (Å²) >= 11 is 4.78. The number of nitrogens with zero attached hydrogens (tertiary/aromatic N) is 2. The molecule has 1 amide bonds. The van der Waals surface area contributed by atoms with Gasteiger partial charge in [-0.3, -0.25) is 9.78 Å². The van der Waals surface area contributed by atoms with Gasteiger partial charge in [0, 0.05) is 14.1 Å². The third-order valence-corrected chi connectivity index (χ3v) is 2.17. The maximum absolute atomic E-state index is 11.3. The molecular formula is C10H14N4OS. The number of carbonyl (C=O) groups is 1. The van der Waals surface area contributed by atoms with E-state index in [9.17, 15) is 4.79 Å². The van der Waals surface area contributed by atoms with Crippen LogP contribution in [0.5, 0.6) is 0 Å². The van der Waals surface area contributed by atoms with Crippen molar-refractivity contribution in [3.63, 3.8) is 0 Å². The number of anilines is 1. The summed E-state index contributed by atoms with van der Waals surface area (Å²) in [6.07, 6.45) is 1.59. The number of nitrogens with one attached hydrogen (secondary N) is 1. The van der Waals surface area contributed by atoms with E-state index < -0.39 is 0 Å². The normalized spacial score (nSPS) is 9.62. The highest BCUT2D eigenvalue weighted by Gasteiger charge is 2.03. The van der Waals surface area contributed by atoms with Crippen molar-refractivity contribution in [3.05, 3.63) is 24.0 Å². The molecule has 0 radical (unpaired) electrons. The number of likely N-dealkylation sites (N-methyl/N-ethyl adjacent to an activating group) is 1. The first-order valence-electron chi connectivity index (χ1n) is 4.70. The van der Waals surface area contributed by atoms with Gasteiger partial charge in [0.2, 0.25) is 5.91 Å². The maximum atomic E-state index is 11.3. The van der Waals surface area contributed by atoms with E-state index in [1.54, 1.807) is 32.4 Å². The summed E-state index contributed by atoms with van der Waals surface area (Å²) in [5.74, 6) is -0.00146. The van der Waals surface area contributed by atoms with Crippen molar-refractivity contribution in [1.29, 1.82) is 0 Å². The molecule has 0 saturated carbocycles. The molecular weight excluding hydrogens is 224 g/mol. The SMILES string of the molecule is CN(C)C(=O)CNc1ccc(C(N)=S)nc1. The Morgan fingerprint density at radius 2 is 2.25 bits per heavy atom. The van der Waals surface area contributed by atoms with E-state index in [4.69, 9.17) is 18.0 Å². The number of thiocarbonyl (C=S) groups is 1. The summed E-state index contributed by atoms with van der Waals surface area (Å²) < 4.78 is 0. The number of carbonyl (C=O) groups excluding carboxylic acids is 1. The highest BCUT2D eigenvalue weighted by molar-refractivity contribution is 7.80. The Labute approximate surface area is 99.6 Å². The Bertz CT molecular complexity index is 388. The Morgan fingerprint density at radius 3 is 2.69 bits per heavy atom. The van der Waals surface area contributed by atoms with Crippen LogP contribution in [0.3, 0.4) is 0 Å². The summed E-state index contributed by atoms with van der Waals surface area (Å²) in [5, 5.41) is 2.95. The minimum atomic E-state index is -0.00146. The van der Waals surface area contributed by atoms with Gasteiger partial charge in [0.25, 0.3) is 0 Å². The van der Waals surface area contributed by atoms with Crippen molar-refractivity contribution in [1.82, 2.24) is 9.88 Å². The monoisotopic (exact) mass is 238 g/mol. The number of nitrogens with two attached hydrogens (primary N) is 1. The van der Waals surface area contributed by atoms with Crippen molar-refractivity contribution in [2.45, 2.75) is 0 Å². The summed E-state index contributed by atoms with van der Waals surface area (Å²) in [6.45, 7) is 0.237. The lowest BCUT2D eigenvalue weighted by Crippen LogP contribution is -2.28. The molecule has 0 atom stereocenters. The summed E-state index contributed by atoms with van der Waals surface area (Å²) in [7, 11) is 3.41. The molecule has 0 spiro atoms. The Balaban J connectivity index is 2.56. The van der Waals surface area contributed by atoms with Gasteiger partial charge in [-0.05, 0) is 12.1 Å². The van der Waals surface area contributed by atoms with Crippen LogP contribution in [0.15, 0.2) is 18.3 Å². The standard InChI is InChI=1S/C10H14N4OS/c1-14(2)9(15)6-12-7-3-4-8(10(11)16)13-5-7/h3-5,12H,6H2,1-2H3,(H2,11,16). The first kappa shape index (κ1) is 12.4. The molecule has 0 aliphatic heterocycles. The van der Waals surface area contributed by atoms with Gasteiger partial charge in [-0.15, -0.1) is 0 Å². The minimum Gasteiger partial charge on any atom is -0.388 e. The molecule has 1 aromatic heterocycles. The summed E-state index contributed by atoms with van der Waals surface area (Å²) in [6, 6.07) is 3.50. The zero-order valence-electron chi connectivity index (χ0n) is 9.23. The van der Waals surface area contributed by atoms with Crippen LogP contribution in [0.25, 0.3) is 0 Å². The zero-order valence-corrected chi connectivity index (χ0v) is 10.0. The van der Waals surface area contributed by atoms with Gasteiger partial charge < -0.3 is 16.0 Å². The fourth-order valence-corrected chi connectivity index (χ4v) is 1.10. The molecule has 5 nitrogen and oxygen atoms in total. The van der Waals surface area contributed by atoms with E-state index in [0.717, 1.165) is 5.69 Å². The molecule has 1 rings (SSSR count). The third kappa shape index (κ3) is 3.47. The fraction of sp³-hybridized carbons (Fsp3) is 0.300. The molecule has 6 heteroatoms. The molecule has 0 aliphatic rings. The van der Waals surface area contributed by atoms with Crippen LogP contribution < -0.4 is 11.1 Å². The second kappa shape index (κ2) is 5.41. The molecule has 16 heavy (non-hydrogen) atoms. The summed E-state index contributed by atoms with van der Waals surface area (Å²) in [5.41, 5.74) is 6.74. The van der Waals surface area contributed by atoms with Gasteiger partial charge in [-0.2, -0.15) is 0 Å². The van der Waals surface area contributed by atoms with Crippen molar-refractivity contribution in [2.24, 2.45) is 5.73 Å². The van der Waals surface area contributed by atoms with Crippen LogP contribution in [0, 0.1) is 0 Å². The fourth-order valence-electron chi connectivity index (χ4n) is 0.980. The number of rotatable bonds is 4. The van der Waals surface area contributed by atoms with Crippen molar-refractivity contribution >= 4 is 28.8 Å². The van der Waals surface area contributed by atoms with Crippen LogP contribution in [-0.4, -0.2) is 41.4 Å².